The summed E-state index contributed by atoms with van der Waals surface area (Å²) in [5, 5.41) is 0. The minimum absolute atomic E-state index is 0.216. The zero-order valence-corrected chi connectivity index (χ0v) is 33.5. The van der Waals surface area contributed by atoms with Gasteiger partial charge < -0.3 is 19.3 Å². The zero-order chi connectivity index (χ0) is 36.8. The Kier molecular flexibility index (Phi) is 36.6. The van der Waals surface area contributed by atoms with Crippen molar-refractivity contribution in [2.24, 2.45) is 0 Å². The molecule has 0 rings (SSSR count). The first-order valence-corrected chi connectivity index (χ1v) is 22.5. The Balaban J connectivity index is 3.88. The van der Waals surface area contributed by atoms with E-state index in [2.05, 4.69) is 30.5 Å². The first-order chi connectivity index (χ1) is 24.3. The predicted molar refractivity (Wildman–Crippen MR) is 207 cm³/mol. The number of hydrogen-bond acceptors (Lipinski definition) is 6. The maximum atomic E-state index is 12.4. The molecule has 0 saturated carbocycles. The van der Waals surface area contributed by atoms with Crippen molar-refractivity contribution >= 4 is 19.8 Å². The molecular weight excluding hydrogens is 651 g/mol. The second-order valence-electron chi connectivity index (χ2n) is 14.3. The third-order valence-electron chi connectivity index (χ3n) is 9.28. The molecule has 0 heterocycles. The van der Waals surface area contributed by atoms with Crippen molar-refractivity contribution < 1.29 is 37.9 Å². The number of carbonyl (C=O) groups excluding carboxylic acids is 2. The molecule has 9 heteroatoms. The van der Waals surface area contributed by atoms with Gasteiger partial charge in [0.2, 0.25) is 0 Å². The van der Waals surface area contributed by atoms with Crippen molar-refractivity contribution in [3.05, 3.63) is 12.2 Å². The van der Waals surface area contributed by atoms with Gasteiger partial charge in [-0.25, -0.2) is 4.57 Å². The summed E-state index contributed by atoms with van der Waals surface area (Å²) in [6.45, 7) is 3.69. The van der Waals surface area contributed by atoms with Crippen LogP contribution >= 0.6 is 7.82 Å². The molecule has 296 valence electrons. The maximum absolute atomic E-state index is 12.4. The molecule has 50 heavy (non-hydrogen) atoms. The molecule has 0 aliphatic heterocycles. The summed E-state index contributed by atoms with van der Waals surface area (Å²) < 4.78 is 26.4. The lowest BCUT2D eigenvalue weighted by molar-refractivity contribution is -0.161. The number of unbranched alkanes of at least 4 members (excludes halogenated alkanes) is 27. The van der Waals surface area contributed by atoms with Crippen molar-refractivity contribution in [2.75, 3.05) is 13.2 Å². The van der Waals surface area contributed by atoms with Crippen molar-refractivity contribution in [3.63, 3.8) is 0 Å². The van der Waals surface area contributed by atoms with E-state index in [9.17, 15) is 14.2 Å². The van der Waals surface area contributed by atoms with Crippen LogP contribution in [0.4, 0.5) is 0 Å². The summed E-state index contributed by atoms with van der Waals surface area (Å²) in [6, 6.07) is 0. The lowest BCUT2D eigenvalue weighted by atomic mass is 10.0. The Hall–Kier alpha value is -1.21. The van der Waals surface area contributed by atoms with Gasteiger partial charge in [0.25, 0.3) is 0 Å². The highest BCUT2D eigenvalue weighted by molar-refractivity contribution is 7.46. The summed E-state index contributed by atoms with van der Waals surface area (Å²) >= 11 is 0. The largest absolute Gasteiger partial charge is 0.469 e. The fourth-order valence-corrected chi connectivity index (χ4v) is 6.49. The molecule has 0 amide bonds. The molecule has 1 atom stereocenters. The molecule has 0 bridgehead atoms. The highest BCUT2D eigenvalue weighted by Crippen LogP contribution is 2.36. The smallest absolute Gasteiger partial charge is 0.462 e. The molecule has 8 nitrogen and oxygen atoms in total. The average molecular weight is 731 g/mol. The average Bonchev–Trinajstić information content (AvgIpc) is 3.08. The molecule has 0 saturated heterocycles. The highest BCUT2D eigenvalue weighted by Gasteiger charge is 2.22. The summed E-state index contributed by atoms with van der Waals surface area (Å²) in [7, 11) is -4.75. The van der Waals surface area contributed by atoms with Gasteiger partial charge in [0.05, 0.1) is 6.61 Å². The Bertz CT molecular complexity index is 827. The Morgan fingerprint density at radius 1 is 0.500 bits per heavy atom. The van der Waals surface area contributed by atoms with Gasteiger partial charge in [0.15, 0.2) is 6.10 Å². The second kappa shape index (κ2) is 37.5. The lowest BCUT2D eigenvalue weighted by Gasteiger charge is -2.18. The SMILES string of the molecule is CCCCCCC/C=C/CCCCCCCC(=O)OC[C@H](COP(=O)(O)O)OC(=O)CCCCCCCCCCCCCCCCCCCC. The van der Waals surface area contributed by atoms with Crippen molar-refractivity contribution in [1.82, 2.24) is 0 Å². The van der Waals surface area contributed by atoms with E-state index in [1.807, 2.05) is 0 Å². The molecule has 0 aliphatic rings. The van der Waals surface area contributed by atoms with Gasteiger partial charge in [-0.1, -0.05) is 180 Å². The Labute approximate surface area is 307 Å². The quantitative estimate of drug-likeness (QED) is 0.0278. The third-order valence-corrected chi connectivity index (χ3v) is 9.77. The molecule has 0 unspecified atom stereocenters. The van der Waals surface area contributed by atoms with E-state index >= 15 is 0 Å². The van der Waals surface area contributed by atoms with Crippen LogP contribution in [0.5, 0.6) is 0 Å². The van der Waals surface area contributed by atoms with Gasteiger partial charge in [0, 0.05) is 12.8 Å². The molecule has 0 spiro atoms. The fourth-order valence-electron chi connectivity index (χ4n) is 6.13. The normalized spacial score (nSPS) is 12.5. The minimum Gasteiger partial charge on any atom is -0.462 e. The lowest BCUT2D eigenvalue weighted by Crippen LogP contribution is -2.29. The number of carbonyl (C=O) groups is 2. The number of rotatable bonds is 39. The Morgan fingerprint density at radius 3 is 1.22 bits per heavy atom. The molecule has 0 radical (unpaired) electrons. The molecule has 0 fully saturated rings. The number of hydrogen-bond donors (Lipinski definition) is 2. The molecular formula is C41H79O8P. The van der Waals surface area contributed by atoms with Crippen LogP contribution < -0.4 is 0 Å². The van der Waals surface area contributed by atoms with Crippen LogP contribution in [0.2, 0.25) is 0 Å². The van der Waals surface area contributed by atoms with Gasteiger partial charge in [-0.2, -0.15) is 0 Å². The van der Waals surface area contributed by atoms with Gasteiger partial charge >= 0.3 is 19.8 Å². The van der Waals surface area contributed by atoms with Crippen LogP contribution in [0.1, 0.15) is 219 Å². The van der Waals surface area contributed by atoms with Crippen molar-refractivity contribution in [3.8, 4) is 0 Å². The van der Waals surface area contributed by atoms with Crippen LogP contribution in [0.15, 0.2) is 12.2 Å². The summed E-state index contributed by atoms with van der Waals surface area (Å²) in [6.07, 6.45) is 40.7. The van der Waals surface area contributed by atoms with Crippen LogP contribution in [0.3, 0.4) is 0 Å². The van der Waals surface area contributed by atoms with Gasteiger partial charge in [-0.3, -0.25) is 14.1 Å². The Morgan fingerprint density at radius 2 is 0.840 bits per heavy atom. The molecule has 0 aromatic heterocycles. The van der Waals surface area contributed by atoms with Crippen LogP contribution in [0.25, 0.3) is 0 Å². The van der Waals surface area contributed by atoms with E-state index in [0.717, 1.165) is 51.4 Å². The monoisotopic (exact) mass is 731 g/mol. The first-order valence-electron chi connectivity index (χ1n) is 21.0. The van der Waals surface area contributed by atoms with Gasteiger partial charge in [-0.05, 0) is 38.5 Å². The van der Waals surface area contributed by atoms with Crippen LogP contribution in [-0.2, 0) is 28.2 Å². The molecule has 0 aromatic rings. The summed E-state index contributed by atoms with van der Waals surface area (Å²) in [5.41, 5.74) is 0. The predicted octanol–water partition coefficient (Wildman–Crippen LogP) is 12.6. The van der Waals surface area contributed by atoms with E-state index in [0.29, 0.717) is 6.42 Å². The van der Waals surface area contributed by atoms with Crippen molar-refractivity contribution in [1.29, 1.82) is 0 Å². The minimum atomic E-state index is -4.75. The number of esters is 2. The van der Waals surface area contributed by atoms with E-state index in [1.165, 1.54) is 135 Å². The number of phosphoric acid groups is 1. The highest BCUT2D eigenvalue weighted by atomic mass is 31.2. The van der Waals surface area contributed by atoms with Crippen molar-refractivity contribution in [2.45, 2.75) is 225 Å². The number of allylic oxidation sites excluding steroid dienone is 2. The zero-order valence-electron chi connectivity index (χ0n) is 32.6. The summed E-state index contributed by atoms with van der Waals surface area (Å²) in [5.74, 6) is -0.883. The van der Waals surface area contributed by atoms with E-state index in [4.69, 9.17) is 19.3 Å². The maximum Gasteiger partial charge on any atom is 0.469 e. The topological polar surface area (TPSA) is 119 Å². The van der Waals surface area contributed by atoms with Crippen LogP contribution in [0, 0.1) is 0 Å². The first kappa shape index (κ1) is 48.8. The molecule has 0 aromatic carbocycles. The van der Waals surface area contributed by atoms with Crippen LogP contribution in [-0.4, -0.2) is 41.0 Å². The van der Waals surface area contributed by atoms with Gasteiger partial charge in [0.1, 0.15) is 6.61 Å². The van der Waals surface area contributed by atoms with E-state index < -0.39 is 32.5 Å². The number of ether oxygens (including phenoxy) is 2. The van der Waals surface area contributed by atoms with E-state index in [-0.39, 0.29) is 19.4 Å². The van der Waals surface area contributed by atoms with Gasteiger partial charge in [-0.15, -0.1) is 0 Å². The fraction of sp³-hybridized carbons (Fsp3) is 0.902. The number of phosphoric ester groups is 1. The third kappa shape index (κ3) is 39.6. The summed E-state index contributed by atoms with van der Waals surface area (Å²) in [4.78, 5) is 42.8. The molecule has 0 aliphatic carbocycles. The molecule has 2 N–H and O–H groups in total. The standard InChI is InChI=1S/C41H79O8P/c1-3-5-7-9-11-13-15-17-19-20-21-22-24-26-28-30-32-34-36-41(43)49-39(38-48-50(44,45)46)37-47-40(42)35-33-31-29-27-25-23-18-16-14-12-10-8-6-4-2/h16,18,39H,3-15,17,19-38H2,1-2H3,(H2,44,45,46)/b18-16+/t39-/m1/s1. The van der Waals surface area contributed by atoms with E-state index in [1.54, 1.807) is 0 Å². The second-order valence-corrected chi connectivity index (χ2v) is 15.6.